The molecule has 0 bridgehead atoms. The molecule has 3 heteroatoms. The second kappa shape index (κ2) is 5.03. The number of ether oxygens (including phenoxy) is 1. The monoisotopic (exact) mass is 226 g/mol. The van der Waals surface area contributed by atoms with Gasteiger partial charge in [0.1, 0.15) is 0 Å². The van der Waals surface area contributed by atoms with Crippen molar-refractivity contribution < 1.29 is 4.74 Å². The highest BCUT2D eigenvalue weighted by molar-refractivity contribution is 4.94. The zero-order valence-corrected chi connectivity index (χ0v) is 10.7. The Morgan fingerprint density at radius 2 is 2.25 bits per heavy atom. The van der Waals surface area contributed by atoms with Gasteiger partial charge < -0.3 is 15.4 Å². The zero-order chi connectivity index (χ0) is 11.6. The van der Waals surface area contributed by atoms with Crippen LogP contribution in [-0.2, 0) is 4.74 Å². The van der Waals surface area contributed by atoms with Gasteiger partial charge in [0.25, 0.3) is 0 Å². The first kappa shape index (κ1) is 12.3. The second-order valence-corrected chi connectivity index (χ2v) is 5.97. The summed E-state index contributed by atoms with van der Waals surface area (Å²) in [4.78, 5) is 2.47. The van der Waals surface area contributed by atoms with E-state index in [9.17, 15) is 0 Å². The summed E-state index contributed by atoms with van der Waals surface area (Å²) >= 11 is 0. The van der Waals surface area contributed by atoms with Gasteiger partial charge >= 0.3 is 0 Å². The Kier molecular flexibility index (Phi) is 3.88. The fourth-order valence-electron chi connectivity index (χ4n) is 3.13. The maximum absolute atomic E-state index is 5.88. The first-order chi connectivity index (χ1) is 7.62. The maximum Gasteiger partial charge on any atom is 0.0547 e. The van der Waals surface area contributed by atoms with E-state index in [1.165, 1.54) is 32.4 Å². The van der Waals surface area contributed by atoms with Gasteiger partial charge in [-0.15, -0.1) is 0 Å². The van der Waals surface area contributed by atoms with E-state index in [-0.39, 0.29) is 0 Å². The Balaban J connectivity index is 1.92. The SMILES string of the molecule is CC(N)CCC1(C2CCCN(C)C2)COC1. The molecular formula is C13H26N2O. The van der Waals surface area contributed by atoms with Crippen LogP contribution in [0.2, 0.25) is 0 Å². The molecule has 2 saturated heterocycles. The van der Waals surface area contributed by atoms with E-state index in [0.717, 1.165) is 25.6 Å². The van der Waals surface area contributed by atoms with Gasteiger partial charge in [0.05, 0.1) is 13.2 Å². The fourth-order valence-corrected chi connectivity index (χ4v) is 3.13. The van der Waals surface area contributed by atoms with Gasteiger partial charge in [-0.1, -0.05) is 0 Å². The molecule has 16 heavy (non-hydrogen) atoms. The number of likely N-dealkylation sites (tertiary alicyclic amines) is 1. The lowest BCUT2D eigenvalue weighted by Gasteiger charge is -2.50. The van der Waals surface area contributed by atoms with Crippen molar-refractivity contribution in [3.05, 3.63) is 0 Å². The van der Waals surface area contributed by atoms with Crippen LogP contribution >= 0.6 is 0 Å². The van der Waals surface area contributed by atoms with E-state index in [1.54, 1.807) is 0 Å². The Morgan fingerprint density at radius 1 is 1.50 bits per heavy atom. The predicted octanol–water partition coefficient (Wildman–Crippen LogP) is 1.47. The lowest BCUT2D eigenvalue weighted by molar-refractivity contribution is -0.161. The van der Waals surface area contributed by atoms with Crippen molar-refractivity contribution in [2.75, 3.05) is 33.4 Å². The Morgan fingerprint density at radius 3 is 2.75 bits per heavy atom. The van der Waals surface area contributed by atoms with Crippen molar-refractivity contribution in [1.82, 2.24) is 4.90 Å². The van der Waals surface area contributed by atoms with Crippen molar-refractivity contribution in [2.45, 2.75) is 38.6 Å². The molecule has 0 spiro atoms. The predicted molar refractivity (Wildman–Crippen MR) is 66.4 cm³/mol. The van der Waals surface area contributed by atoms with Crippen LogP contribution in [0.4, 0.5) is 0 Å². The summed E-state index contributed by atoms with van der Waals surface area (Å²) in [5, 5.41) is 0. The molecule has 94 valence electrons. The van der Waals surface area contributed by atoms with Crippen LogP contribution < -0.4 is 5.73 Å². The van der Waals surface area contributed by atoms with Gasteiger partial charge in [-0.2, -0.15) is 0 Å². The minimum atomic E-state index is 0.332. The molecule has 2 aliphatic rings. The number of piperidine rings is 1. The lowest BCUT2D eigenvalue weighted by Crippen LogP contribution is -2.53. The zero-order valence-electron chi connectivity index (χ0n) is 10.7. The van der Waals surface area contributed by atoms with Gasteiger partial charge in [-0.3, -0.25) is 0 Å². The van der Waals surface area contributed by atoms with Crippen LogP contribution in [0, 0.1) is 11.3 Å². The average Bonchev–Trinajstić information content (AvgIpc) is 2.15. The van der Waals surface area contributed by atoms with Crippen molar-refractivity contribution >= 4 is 0 Å². The first-order valence-electron chi connectivity index (χ1n) is 6.64. The van der Waals surface area contributed by atoms with Crippen LogP contribution in [0.15, 0.2) is 0 Å². The summed E-state index contributed by atoms with van der Waals surface area (Å²) in [7, 11) is 2.24. The third kappa shape index (κ3) is 2.58. The summed E-state index contributed by atoms with van der Waals surface area (Å²) in [5.41, 5.74) is 6.34. The lowest BCUT2D eigenvalue weighted by atomic mass is 9.67. The molecule has 0 saturated carbocycles. The van der Waals surface area contributed by atoms with Gasteiger partial charge in [-0.05, 0) is 52.1 Å². The third-order valence-corrected chi connectivity index (χ3v) is 4.37. The molecule has 0 radical (unpaired) electrons. The number of nitrogens with two attached hydrogens (primary N) is 1. The van der Waals surface area contributed by atoms with Gasteiger partial charge in [-0.25, -0.2) is 0 Å². The maximum atomic E-state index is 5.88. The van der Waals surface area contributed by atoms with Crippen LogP contribution in [0.5, 0.6) is 0 Å². The van der Waals surface area contributed by atoms with Crippen molar-refractivity contribution in [3.63, 3.8) is 0 Å². The summed E-state index contributed by atoms with van der Waals surface area (Å²) in [5.74, 6) is 0.832. The highest BCUT2D eigenvalue weighted by Crippen LogP contribution is 2.44. The number of nitrogens with zero attached hydrogens (tertiary/aromatic N) is 1. The fraction of sp³-hybridized carbons (Fsp3) is 1.00. The van der Waals surface area contributed by atoms with E-state index in [4.69, 9.17) is 10.5 Å². The highest BCUT2D eigenvalue weighted by atomic mass is 16.5. The van der Waals surface area contributed by atoms with Crippen LogP contribution in [-0.4, -0.2) is 44.3 Å². The van der Waals surface area contributed by atoms with Crippen LogP contribution in [0.25, 0.3) is 0 Å². The minimum Gasteiger partial charge on any atom is -0.380 e. The smallest absolute Gasteiger partial charge is 0.0547 e. The van der Waals surface area contributed by atoms with Crippen LogP contribution in [0.1, 0.15) is 32.6 Å². The van der Waals surface area contributed by atoms with Crippen molar-refractivity contribution in [3.8, 4) is 0 Å². The second-order valence-electron chi connectivity index (χ2n) is 5.97. The summed E-state index contributed by atoms with van der Waals surface area (Å²) in [6, 6.07) is 0.332. The Labute approximate surface area is 99.3 Å². The largest absolute Gasteiger partial charge is 0.380 e. The Hall–Kier alpha value is -0.120. The minimum absolute atomic E-state index is 0.332. The van der Waals surface area contributed by atoms with E-state index >= 15 is 0 Å². The molecule has 3 nitrogen and oxygen atoms in total. The van der Waals surface area contributed by atoms with Crippen LogP contribution in [0.3, 0.4) is 0 Å². The summed E-state index contributed by atoms with van der Waals surface area (Å²) < 4.78 is 5.50. The number of rotatable bonds is 4. The molecule has 2 atom stereocenters. The van der Waals surface area contributed by atoms with E-state index in [1.807, 2.05) is 0 Å². The van der Waals surface area contributed by atoms with E-state index < -0.39 is 0 Å². The molecule has 2 N–H and O–H groups in total. The van der Waals surface area contributed by atoms with E-state index in [2.05, 4.69) is 18.9 Å². The van der Waals surface area contributed by atoms with Gasteiger partial charge in [0.15, 0.2) is 0 Å². The molecule has 0 aliphatic carbocycles. The quantitative estimate of drug-likeness (QED) is 0.789. The molecule has 2 aliphatic heterocycles. The molecule has 0 aromatic heterocycles. The molecule has 2 rings (SSSR count). The molecule has 0 amide bonds. The molecule has 0 aromatic carbocycles. The summed E-state index contributed by atoms with van der Waals surface area (Å²) in [6.07, 6.45) is 5.13. The standard InChI is InChI=1S/C13H26N2O/c1-11(14)5-6-13(9-16-10-13)12-4-3-7-15(2)8-12/h11-12H,3-10,14H2,1-2H3. The summed E-state index contributed by atoms with van der Waals surface area (Å²) in [6.45, 7) is 6.57. The number of hydrogen-bond donors (Lipinski definition) is 1. The molecule has 2 fully saturated rings. The highest BCUT2D eigenvalue weighted by Gasteiger charge is 2.45. The normalized spacial score (nSPS) is 32.1. The molecule has 2 unspecified atom stereocenters. The first-order valence-corrected chi connectivity index (χ1v) is 6.64. The van der Waals surface area contributed by atoms with Gasteiger partial charge in [0.2, 0.25) is 0 Å². The average molecular weight is 226 g/mol. The van der Waals surface area contributed by atoms with Crippen molar-refractivity contribution in [1.29, 1.82) is 0 Å². The Bertz CT molecular complexity index is 226. The third-order valence-electron chi connectivity index (χ3n) is 4.37. The van der Waals surface area contributed by atoms with Crippen molar-refractivity contribution in [2.24, 2.45) is 17.1 Å². The molecule has 2 heterocycles. The molecular weight excluding hydrogens is 200 g/mol. The molecule has 0 aromatic rings. The number of hydrogen-bond acceptors (Lipinski definition) is 3. The topological polar surface area (TPSA) is 38.5 Å². The van der Waals surface area contributed by atoms with Gasteiger partial charge in [0, 0.05) is 18.0 Å². The van der Waals surface area contributed by atoms with E-state index in [0.29, 0.717) is 11.5 Å².